The van der Waals surface area contributed by atoms with Crippen LogP contribution in [-0.4, -0.2) is 47.7 Å². The Labute approximate surface area is 266 Å². The maximum atomic E-state index is 13.4. The van der Waals surface area contributed by atoms with Crippen LogP contribution < -0.4 is 0 Å². The number of ether oxygens (including phenoxy) is 1. The number of carbonyl (C=O) groups is 2. The van der Waals surface area contributed by atoms with Gasteiger partial charge < -0.3 is 13.6 Å². The van der Waals surface area contributed by atoms with Crippen LogP contribution in [0.4, 0.5) is 0 Å². The van der Waals surface area contributed by atoms with Crippen molar-refractivity contribution in [2.45, 2.75) is 168 Å². The van der Waals surface area contributed by atoms with Gasteiger partial charge in [0.1, 0.15) is 5.78 Å². The minimum atomic E-state index is -2.09. The number of rotatable bonds is 14. The molecule has 7 heteroatoms. The summed E-state index contributed by atoms with van der Waals surface area (Å²) in [6, 6.07) is 0. The molecule has 0 radical (unpaired) electrons. The summed E-state index contributed by atoms with van der Waals surface area (Å²) in [6.07, 6.45) is 14.0. The number of Topliss-reactive ketones (excluding diaryl/α,β-unsaturated/α-hetero) is 1. The van der Waals surface area contributed by atoms with Gasteiger partial charge in [0.15, 0.2) is 16.6 Å². The Morgan fingerprint density at radius 1 is 1.05 bits per heavy atom. The molecule has 0 N–H and O–H groups in total. The molecule has 2 fully saturated rings. The zero-order valence-electron chi connectivity index (χ0n) is 29.8. The molecule has 5 nitrogen and oxygen atoms in total. The Kier molecular flexibility index (Phi) is 13.6. The van der Waals surface area contributed by atoms with Crippen molar-refractivity contribution in [2.75, 3.05) is 7.11 Å². The molecule has 0 bridgehead atoms. The third-order valence-corrected chi connectivity index (χ3v) is 20.0. The Morgan fingerprint density at radius 3 is 2.19 bits per heavy atom. The first-order chi connectivity index (χ1) is 19.8. The number of hydrogen-bond donors (Lipinski definition) is 0. The first-order valence-electron chi connectivity index (χ1n) is 16.9. The van der Waals surface area contributed by atoms with E-state index in [9.17, 15) is 9.59 Å². The zero-order valence-corrected chi connectivity index (χ0v) is 31.8. The van der Waals surface area contributed by atoms with Gasteiger partial charge >= 0.3 is 5.97 Å². The summed E-state index contributed by atoms with van der Waals surface area (Å²) in [5.74, 6) is 7.08. The van der Waals surface area contributed by atoms with E-state index in [1.165, 1.54) is 39.2 Å². The zero-order chi connectivity index (χ0) is 32.7. The van der Waals surface area contributed by atoms with Crippen molar-refractivity contribution in [1.82, 2.24) is 0 Å². The summed E-state index contributed by atoms with van der Waals surface area (Å²) in [4.78, 5) is 24.9. The molecule has 2 rings (SSSR count). The van der Waals surface area contributed by atoms with Crippen molar-refractivity contribution in [3.63, 3.8) is 0 Å². The topological polar surface area (TPSA) is 61.8 Å². The Bertz CT molecular complexity index is 1020. The summed E-state index contributed by atoms with van der Waals surface area (Å²) in [5, 5.41) is 0.203. The quantitative estimate of drug-likeness (QED) is 0.0627. The van der Waals surface area contributed by atoms with Crippen molar-refractivity contribution in [3.8, 4) is 11.8 Å². The minimum absolute atomic E-state index is 0.0600. The van der Waals surface area contributed by atoms with E-state index in [0.717, 1.165) is 19.3 Å². The van der Waals surface area contributed by atoms with E-state index in [2.05, 4.69) is 98.6 Å². The van der Waals surface area contributed by atoms with E-state index in [4.69, 9.17) is 13.6 Å². The molecule has 1 unspecified atom stereocenters. The van der Waals surface area contributed by atoms with Crippen molar-refractivity contribution in [3.05, 3.63) is 12.2 Å². The highest BCUT2D eigenvalue weighted by Crippen LogP contribution is 2.52. The maximum absolute atomic E-state index is 13.4. The Morgan fingerprint density at radius 2 is 1.67 bits per heavy atom. The lowest BCUT2D eigenvalue weighted by Gasteiger charge is -2.51. The lowest BCUT2D eigenvalue weighted by Crippen LogP contribution is -2.51. The molecular weight excluding hydrogens is 569 g/mol. The lowest BCUT2D eigenvalue weighted by molar-refractivity contribution is -0.140. The predicted octanol–water partition coefficient (Wildman–Crippen LogP) is 9.63. The van der Waals surface area contributed by atoms with Crippen molar-refractivity contribution < 1.29 is 23.2 Å². The second kappa shape index (κ2) is 15.4. The number of esters is 1. The molecule has 0 aromatic rings. The van der Waals surface area contributed by atoms with Gasteiger partial charge in [-0.1, -0.05) is 79.4 Å². The van der Waals surface area contributed by atoms with Gasteiger partial charge in [0.05, 0.1) is 25.2 Å². The van der Waals surface area contributed by atoms with Gasteiger partial charge in [0, 0.05) is 25.2 Å². The molecule has 0 saturated heterocycles. The second-order valence-corrected chi connectivity index (χ2v) is 25.8. The number of allylic oxidation sites excluding steroid dienone is 2. The molecule has 4 atom stereocenters. The van der Waals surface area contributed by atoms with Crippen LogP contribution >= 0.6 is 0 Å². The molecule has 0 amide bonds. The van der Waals surface area contributed by atoms with Gasteiger partial charge in [-0.25, -0.2) is 0 Å². The molecule has 0 aliphatic heterocycles. The average Bonchev–Trinajstić information content (AvgIpc) is 3.14. The number of ketones is 1. The summed E-state index contributed by atoms with van der Waals surface area (Å²) in [7, 11) is -2.64. The molecule has 2 saturated carbocycles. The van der Waals surface area contributed by atoms with Crippen LogP contribution in [0.5, 0.6) is 0 Å². The van der Waals surface area contributed by atoms with E-state index in [1.54, 1.807) is 0 Å². The molecule has 43 heavy (non-hydrogen) atoms. The van der Waals surface area contributed by atoms with Gasteiger partial charge in [0.2, 0.25) is 0 Å². The smallest absolute Gasteiger partial charge is 0.305 e. The van der Waals surface area contributed by atoms with Gasteiger partial charge in [-0.3, -0.25) is 9.59 Å². The molecule has 0 aromatic carbocycles. The number of unbranched alkanes of at least 4 members (excludes halogenated alkanes) is 1. The normalized spacial score (nSPS) is 23.5. The largest absolute Gasteiger partial charge is 0.469 e. The van der Waals surface area contributed by atoms with E-state index in [-0.39, 0.29) is 51.3 Å². The van der Waals surface area contributed by atoms with Gasteiger partial charge in [-0.05, 0) is 80.2 Å². The van der Waals surface area contributed by atoms with Crippen LogP contribution in [0.3, 0.4) is 0 Å². The van der Waals surface area contributed by atoms with Gasteiger partial charge in [-0.2, -0.15) is 0 Å². The highest BCUT2D eigenvalue weighted by atomic mass is 28.4. The Balaban J connectivity index is 2.33. The lowest BCUT2D eigenvalue weighted by atomic mass is 9.62. The number of carbonyl (C=O) groups excluding carboxylic acids is 2. The molecule has 0 heterocycles. The van der Waals surface area contributed by atoms with Gasteiger partial charge in [-0.15, -0.1) is 5.92 Å². The van der Waals surface area contributed by atoms with Gasteiger partial charge in [0.25, 0.3) is 0 Å². The van der Waals surface area contributed by atoms with Crippen LogP contribution in [0.25, 0.3) is 0 Å². The number of hydrogen-bond acceptors (Lipinski definition) is 5. The highest BCUT2D eigenvalue weighted by molar-refractivity contribution is 6.74. The van der Waals surface area contributed by atoms with E-state index in [0.29, 0.717) is 19.3 Å². The van der Waals surface area contributed by atoms with Crippen LogP contribution in [0.2, 0.25) is 36.3 Å². The summed E-state index contributed by atoms with van der Waals surface area (Å²) in [5.41, 5.74) is 0.230. The number of methoxy groups -OCH3 is 1. The highest BCUT2D eigenvalue weighted by Gasteiger charge is 2.49. The molecule has 2 aliphatic rings. The van der Waals surface area contributed by atoms with Crippen molar-refractivity contribution >= 4 is 28.4 Å². The van der Waals surface area contributed by atoms with Crippen molar-refractivity contribution in [1.29, 1.82) is 0 Å². The summed E-state index contributed by atoms with van der Waals surface area (Å²) >= 11 is 0. The van der Waals surface area contributed by atoms with E-state index in [1.807, 2.05) is 0 Å². The predicted molar refractivity (Wildman–Crippen MR) is 184 cm³/mol. The maximum Gasteiger partial charge on any atom is 0.305 e. The van der Waals surface area contributed by atoms with Crippen molar-refractivity contribution in [2.24, 2.45) is 17.3 Å². The molecule has 0 aromatic heterocycles. The van der Waals surface area contributed by atoms with E-state index >= 15 is 0 Å². The summed E-state index contributed by atoms with van der Waals surface area (Å²) < 4.78 is 18.8. The van der Waals surface area contributed by atoms with Crippen LogP contribution in [0.1, 0.15) is 119 Å². The molecular formula is C36H64O5Si2. The monoisotopic (exact) mass is 632 g/mol. The first-order valence-corrected chi connectivity index (χ1v) is 22.7. The van der Waals surface area contributed by atoms with Crippen LogP contribution in [-0.2, 0) is 23.2 Å². The fraction of sp³-hybridized carbons (Fsp3) is 0.833. The second-order valence-electron chi connectivity index (χ2n) is 16.3. The fourth-order valence-electron chi connectivity index (χ4n) is 5.95. The first kappa shape index (κ1) is 38.0. The average molecular weight is 633 g/mol. The minimum Gasteiger partial charge on any atom is -0.469 e. The third-order valence-electron chi connectivity index (χ3n) is 11.0. The van der Waals surface area contributed by atoms with E-state index < -0.39 is 16.6 Å². The standard InChI is InChI=1S/C36H64O5Si2/c1-13-24-36(25-19-26-36)32(41-43(11,12)35(5,6)7)22-18-21-29-28(20-16-14-15-17-23-33(38)39-8)30(37)27-31(29)40-42(9,10)34(2,3)4/h14,16,28-29,31-32H,13,15,17,19-20,22-27H2,1-12H3/t28-,29-,31-,32?/m1/s1. The summed E-state index contributed by atoms with van der Waals surface area (Å²) in [6.45, 7) is 25.2. The van der Waals surface area contributed by atoms with Crippen LogP contribution in [0.15, 0.2) is 12.2 Å². The molecule has 246 valence electrons. The third kappa shape index (κ3) is 10.1. The fourth-order valence-corrected chi connectivity index (χ4v) is 8.69. The molecule has 0 spiro atoms. The SMILES string of the molecule is CCCC1(C(CC#C[C@H]2[C@H](O[Si](C)(C)C(C)(C)C)CC(=O)[C@@H]2CC=CCCCC(=O)OC)O[Si](C)(C)C(C)(C)C)CCC1. The Hall–Kier alpha value is -1.21. The van der Waals surface area contributed by atoms with Crippen LogP contribution in [0, 0.1) is 29.1 Å². The molecule has 2 aliphatic carbocycles.